The Morgan fingerprint density at radius 3 is 2.45 bits per heavy atom. The van der Waals surface area contributed by atoms with Gasteiger partial charge in [0.1, 0.15) is 6.04 Å². The molecule has 1 saturated carbocycles. The minimum atomic E-state index is -3.73. The first-order valence-electron chi connectivity index (χ1n) is 17.0. The fourth-order valence-electron chi connectivity index (χ4n) is 6.81. The van der Waals surface area contributed by atoms with Crippen LogP contribution in [0, 0.1) is 18.8 Å². The van der Waals surface area contributed by atoms with Gasteiger partial charge in [-0.1, -0.05) is 30.3 Å². The van der Waals surface area contributed by atoms with Crippen molar-refractivity contribution in [3.63, 3.8) is 0 Å². The Morgan fingerprint density at radius 2 is 1.71 bits per heavy atom. The Bertz CT molecular complexity index is 2080. The summed E-state index contributed by atoms with van der Waals surface area (Å²) in [7, 11) is -3.73. The van der Waals surface area contributed by atoms with Crippen LogP contribution < -0.4 is 21.6 Å². The number of hydrogen-bond donors (Lipinski definition) is 6. The van der Waals surface area contributed by atoms with E-state index in [1.54, 1.807) is 36.4 Å². The normalized spacial score (nSPS) is 18.9. The van der Waals surface area contributed by atoms with Gasteiger partial charge in [0.25, 0.3) is 0 Å². The number of morpholine rings is 1. The highest BCUT2D eigenvalue weighted by atomic mass is 32.2. The van der Waals surface area contributed by atoms with Gasteiger partial charge >= 0.3 is 11.8 Å². The second kappa shape index (κ2) is 15.5. The highest BCUT2D eigenvalue weighted by Crippen LogP contribution is 2.31. The van der Waals surface area contributed by atoms with Gasteiger partial charge in [-0.25, -0.2) is 18.0 Å². The van der Waals surface area contributed by atoms with Crippen molar-refractivity contribution in [1.82, 2.24) is 24.9 Å². The maximum atomic E-state index is 13.8. The van der Waals surface area contributed by atoms with Gasteiger partial charge in [-0.2, -0.15) is 4.31 Å². The van der Waals surface area contributed by atoms with Gasteiger partial charge in [0, 0.05) is 37.7 Å². The number of carboxylic acid groups (broad SMARTS) is 1. The van der Waals surface area contributed by atoms with Gasteiger partial charge in [-0.15, -0.1) is 0 Å². The molecular formula is C36H42N6O8S. The van der Waals surface area contributed by atoms with Gasteiger partial charge in [-0.3, -0.25) is 9.59 Å². The van der Waals surface area contributed by atoms with E-state index in [0.717, 1.165) is 22.3 Å². The smallest absolute Gasteiger partial charge is 0.404 e. The van der Waals surface area contributed by atoms with E-state index in [1.807, 2.05) is 31.2 Å². The van der Waals surface area contributed by atoms with E-state index < -0.39 is 28.1 Å². The minimum absolute atomic E-state index is 0.146. The summed E-state index contributed by atoms with van der Waals surface area (Å²) in [6.45, 7) is 3.51. The molecule has 3 amide bonds. The number of benzene rings is 3. The predicted octanol–water partition coefficient (Wildman–Crippen LogP) is 3.59. The molecule has 3 aromatic carbocycles. The first kappa shape index (κ1) is 35.8. The average Bonchev–Trinajstić information content (AvgIpc) is 3.50. The third-order valence-corrected chi connectivity index (χ3v) is 11.6. The van der Waals surface area contributed by atoms with Crippen LogP contribution in [0.2, 0.25) is 0 Å². The number of imidazole rings is 1. The van der Waals surface area contributed by atoms with Crippen LogP contribution in [0.5, 0.6) is 0 Å². The van der Waals surface area contributed by atoms with E-state index in [1.165, 1.54) is 4.31 Å². The summed E-state index contributed by atoms with van der Waals surface area (Å²) in [6, 6.07) is 16.6. The van der Waals surface area contributed by atoms with Crippen LogP contribution in [0.4, 0.5) is 10.5 Å². The minimum Gasteiger partial charge on any atom is -0.465 e. The third kappa shape index (κ3) is 8.67. The number of carbonyl (C=O) groups excluding carboxylic acids is 2. The SMILES string of the molecule is Cc1ccc(S(=O)(=O)N2CCOCC2)cc1-c1cccc(C[C@H](NC(=O)[C@H]2CC[C@H](CNC(=O)O)CC2)C(=O)Nc2ccc3[nH]c(=O)[nH]c3c2)c1. The monoisotopic (exact) mass is 718 g/mol. The molecule has 1 aromatic heterocycles. The van der Waals surface area contributed by atoms with E-state index in [4.69, 9.17) is 9.84 Å². The topological polar surface area (TPSA) is 203 Å². The molecule has 0 bridgehead atoms. The summed E-state index contributed by atoms with van der Waals surface area (Å²) < 4.78 is 33.7. The van der Waals surface area contributed by atoms with Gasteiger partial charge in [-0.05, 0) is 91.1 Å². The molecule has 1 aliphatic carbocycles. The van der Waals surface area contributed by atoms with E-state index in [-0.39, 0.29) is 47.8 Å². The molecule has 0 spiro atoms. The van der Waals surface area contributed by atoms with Crippen LogP contribution in [0.25, 0.3) is 22.2 Å². The number of aryl methyl sites for hydroxylation is 1. The van der Waals surface area contributed by atoms with E-state index in [9.17, 15) is 27.6 Å². The number of nitrogens with one attached hydrogen (secondary N) is 5. The van der Waals surface area contributed by atoms with Crippen molar-refractivity contribution in [2.45, 2.75) is 50.0 Å². The fourth-order valence-corrected chi connectivity index (χ4v) is 8.24. The number of sulfonamides is 1. The second-order valence-corrected chi connectivity index (χ2v) is 15.1. The van der Waals surface area contributed by atoms with Crippen LogP contribution in [0.1, 0.15) is 36.8 Å². The number of aromatic amines is 2. The quantitative estimate of drug-likeness (QED) is 0.135. The first-order chi connectivity index (χ1) is 24.5. The summed E-state index contributed by atoms with van der Waals surface area (Å²) in [5.74, 6) is -0.876. The number of carbonyl (C=O) groups is 3. The number of fused-ring (bicyclic) bond motifs is 1. The molecule has 1 saturated heterocycles. The molecular weight excluding hydrogens is 676 g/mol. The number of hydrogen-bond acceptors (Lipinski definition) is 7. The molecule has 6 rings (SSSR count). The Hall–Kier alpha value is -4.99. The molecule has 2 fully saturated rings. The standard InChI is InChI=1S/C36H42N6O8S/c1-22-5-11-28(51(48,49)42-13-15-50-16-14-42)20-29(22)26-4-2-3-24(17-26)18-32(34(44)38-27-10-12-30-31(19-27)41-35(45)40-30)39-33(43)25-8-6-23(7-9-25)21-37-36(46)47/h2-5,10-12,17,19-20,23,25,32,37H,6-9,13-16,18,21H2,1H3,(H,38,44)(H,39,43)(H,46,47)(H2,40,41,45)/t23-,25-,32-/m0/s1. The van der Waals surface area contributed by atoms with Gasteiger partial charge in [0.15, 0.2) is 0 Å². The number of ether oxygens (including phenoxy) is 1. The number of rotatable bonds is 11. The van der Waals surface area contributed by atoms with Gasteiger partial charge in [0.05, 0.1) is 29.1 Å². The summed E-state index contributed by atoms with van der Waals surface area (Å²) in [6.07, 6.45) is 1.59. The van der Waals surface area contributed by atoms with Crippen LogP contribution in [-0.4, -0.2) is 84.6 Å². The summed E-state index contributed by atoms with van der Waals surface area (Å²) >= 11 is 0. The number of nitrogens with zero attached hydrogens (tertiary/aromatic N) is 1. The summed E-state index contributed by atoms with van der Waals surface area (Å²) in [5.41, 5.74) is 4.32. The second-order valence-electron chi connectivity index (χ2n) is 13.2. The van der Waals surface area contributed by atoms with Gasteiger partial charge in [0.2, 0.25) is 21.8 Å². The summed E-state index contributed by atoms with van der Waals surface area (Å²) in [4.78, 5) is 55.7. The van der Waals surface area contributed by atoms with Crippen LogP contribution in [-0.2, 0) is 30.8 Å². The van der Waals surface area contributed by atoms with Crippen molar-refractivity contribution in [1.29, 1.82) is 0 Å². The molecule has 0 radical (unpaired) electrons. The molecule has 1 aliphatic heterocycles. The predicted molar refractivity (Wildman–Crippen MR) is 191 cm³/mol. The Balaban J connectivity index is 1.23. The zero-order valence-corrected chi connectivity index (χ0v) is 29.1. The van der Waals surface area contributed by atoms with Crippen molar-refractivity contribution in [2.75, 3.05) is 38.2 Å². The van der Waals surface area contributed by atoms with Crippen molar-refractivity contribution in [3.05, 3.63) is 82.3 Å². The molecule has 6 N–H and O–H groups in total. The lowest BCUT2D eigenvalue weighted by Crippen LogP contribution is -2.48. The molecule has 15 heteroatoms. The molecule has 1 atom stereocenters. The van der Waals surface area contributed by atoms with Crippen LogP contribution in [0.15, 0.2) is 70.4 Å². The van der Waals surface area contributed by atoms with Crippen molar-refractivity contribution >= 4 is 44.7 Å². The zero-order valence-electron chi connectivity index (χ0n) is 28.2. The molecule has 2 aliphatic rings. The Morgan fingerprint density at radius 1 is 0.961 bits per heavy atom. The Kier molecular flexibility index (Phi) is 10.9. The number of H-pyrrole nitrogens is 2. The maximum Gasteiger partial charge on any atom is 0.404 e. The zero-order chi connectivity index (χ0) is 36.1. The molecule has 4 aromatic rings. The number of amides is 3. The van der Waals surface area contributed by atoms with Crippen LogP contribution in [0.3, 0.4) is 0 Å². The lowest BCUT2D eigenvalue weighted by molar-refractivity contribution is -0.130. The van der Waals surface area contributed by atoms with Crippen molar-refractivity contribution < 1.29 is 32.6 Å². The van der Waals surface area contributed by atoms with Crippen LogP contribution >= 0.6 is 0 Å². The van der Waals surface area contributed by atoms with Crippen molar-refractivity contribution in [3.8, 4) is 11.1 Å². The van der Waals surface area contributed by atoms with Gasteiger partial charge < -0.3 is 35.8 Å². The van der Waals surface area contributed by atoms with E-state index >= 15 is 0 Å². The summed E-state index contributed by atoms with van der Waals surface area (Å²) in [5, 5.41) is 17.2. The maximum absolute atomic E-state index is 13.8. The molecule has 2 heterocycles. The fraction of sp³-hybridized carbons (Fsp3) is 0.389. The Labute approximate surface area is 295 Å². The third-order valence-electron chi connectivity index (χ3n) is 9.67. The lowest BCUT2D eigenvalue weighted by atomic mass is 9.81. The highest BCUT2D eigenvalue weighted by molar-refractivity contribution is 7.89. The highest BCUT2D eigenvalue weighted by Gasteiger charge is 2.31. The average molecular weight is 719 g/mol. The number of aromatic nitrogens is 2. The van der Waals surface area contributed by atoms with Crippen molar-refractivity contribution in [2.24, 2.45) is 11.8 Å². The van der Waals surface area contributed by atoms with E-state index in [2.05, 4.69) is 25.9 Å². The molecule has 270 valence electrons. The first-order valence-corrected chi connectivity index (χ1v) is 18.5. The molecule has 0 unspecified atom stereocenters. The largest absolute Gasteiger partial charge is 0.465 e. The molecule has 51 heavy (non-hydrogen) atoms. The molecule has 14 nitrogen and oxygen atoms in total. The lowest BCUT2D eigenvalue weighted by Gasteiger charge is -2.29. The van der Waals surface area contributed by atoms with E-state index in [0.29, 0.717) is 62.2 Å². The number of anilines is 1.